The van der Waals surface area contributed by atoms with Gasteiger partial charge < -0.3 is 9.47 Å². The molecule has 0 aromatic carbocycles. The van der Waals surface area contributed by atoms with Gasteiger partial charge in [0.05, 0.1) is 25.3 Å². The summed E-state index contributed by atoms with van der Waals surface area (Å²) in [5, 5.41) is 7.43. The van der Waals surface area contributed by atoms with Crippen LogP contribution in [0.3, 0.4) is 0 Å². The normalized spacial score (nSPS) is 45.4. The molecule has 4 heterocycles. The fourth-order valence-corrected chi connectivity index (χ4v) is 4.62. The van der Waals surface area contributed by atoms with Crippen LogP contribution in [0.5, 0.6) is 0 Å². The van der Waals surface area contributed by atoms with Crippen molar-refractivity contribution in [1.82, 2.24) is 10.6 Å². The van der Waals surface area contributed by atoms with Gasteiger partial charge in [0.1, 0.15) is 0 Å². The molecule has 0 bridgehead atoms. The van der Waals surface area contributed by atoms with Gasteiger partial charge in [-0.3, -0.25) is 4.58 Å². The Morgan fingerprint density at radius 2 is 1.36 bits per heavy atom. The van der Waals surface area contributed by atoms with E-state index in [1.807, 2.05) is 0 Å². The lowest BCUT2D eigenvalue weighted by molar-refractivity contribution is -0.554. The summed E-state index contributed by atoms with van der Waals surface area (Å²) < 4.78 is 15.1. The third-order valence-electron chi connectivity index (χ3n) is 5.82. The van der Waals surface area contributed by atoms with Crippen molar-refractivity contribution in [2.45, 2.75) is 88.9 Å². The number of nitrogens with one attached hydrogen (secondary N) is 2. The summed E-state index contributed by atoms with van der Waals surface area (Å²) in [7, 11) is 0. The molecule has 0 saturated carbocycles. The second-order valence-electron chi connectivity index (χ2n) is 7.72. The first-order valence-corrected chi connectivity index (χ1v) is 9.12. The quantitative estimate of drug-likeness (QED) is 0.671. The molecule has 0 aromatic rings. The fourth-order valence-electron chi connectivity index (χ4n) is 4.62. The number of ether oxygens (including phenoxy) is 2. The predicted octanol–water partition coefficient (Wildman–Crippen LogP) is 1.91. The third kappa shape index (κ3) is 2.62. The molecule has 2 saturated heterocycles. The average Bonchev–Trinajstić information content (AvgIpc) is 2.46. The molecule has 2 N–H and O–H groups in total. The van der Waals surface area contributed by atoms with E-state index in [1.54, 1.807) is 0 Å². The van der Waals surface area contributed by atoms with Crippen LogP contribution in [0.1, 0.15) is 65.2 Å². The lowest BCUT2D eigenvalue weighted by Crippen LogP contribution is -2.70. The maximum absolute atomic E-state index is 6.32. The highest BCUT2D eigenvalue weighted by molar-refractivity contribution is 5.77. The molecular formula is C17H30N3O2+. The molecule has 0 aromatic heterocycles. The smallest absolute Gasteiger partial charge is 0.340 e. The van der Waals surface area contributed by atoms with E-state index < -0.39 is 0 Å². The Bertz CT molecular complexity index is 441. The monoisotopic (exact) mass is 308 g/mol. The van der Waals surface area contributed by atoms with Crippen molar-refractivity contribution >= 4 is 5.96 Å². The summed E-state index contributed by atoms with van der Waals surface area (Å²) in [6.07, 6.45) is 9.95. The van der Waals surface area contributed by atoms with Crippen molar-refractivity contribution < 1.29 is 14.0 Å². The summed E-state index contributed by atoms with van der Waals surface area (Å²) in [4.78, 5) is 0. The van der Waals surface area contributed by atoms with Gasteiger partial charge in [-0.25, -0.2) is 10.6 Å². The Morgan fingerprint density at radius 1 is 0.864 bits per heavy atom. The van der Waals surface area contributed by atoms with Crippen LogP contribution in [0.15, 0.2) is 0 Å². The van der Waals surface area contributed by atoms with Gasteiger partial charge in [-0.05, 0) is 39.5 Å². The first-order valence-electron chi connectivity index (χ1n) is 9.12. The predicted molar refractivity (Wildman–Crippen MR) is 84.8 cm³/mol. The van der Waals surface area contributed by atoms with Crippen LogP contribution in [0, 0.1) is 0 Å². The summed E-state index contributed by atoms with van der Waals surface area (Å²) in [6, 6.07) is 0. The first-order chi connectivity index (χ1) is 10.6. The van der Waals surface area contributed by atoms with E-state index in [2.05, 4.69) is 29.1 Å². The lowest BCUT2D eigenvalue weighted by Gasteiger charge is -2.46. The van der Waals surface area contributed by atoms with E-state index >= 15 is 0 Å². The number of guanidine groups is 1. The highest BCUT2D eigenvalue weighted by Crippen LogP contribution is 2.34. The fraction of sp³-hybridized carbons (Fsp3) is 0.941. The van der Waals surface area contributed by atoms with Gasteiger partial charge in [-0.15, -0.1) is 0 Å². The van der Waals surface area contributed by atoms with E-state index in [4.69, 9.17) is 9.47 Å². The number of rotatable bonds is 0. The largest absolute Gasteiger partial charge is 0.350 e. The summed E-state index contributed by atoms with van der Waals surface area (Å²) in [5.74, 6) is 1.14. The molecule has 22 heavy (non-hydrogen) atoms. The lowest BCUT2D eigenvalue weighted by atomic mass is 9.92. The van der Waals surface area contributed by atoms with Crippen LogP contribution in [0.2, 0.25) is 0 Å². The zero-order valence-electron chi connectivity index (χ0n) is 14.0. The van der Waals surface area contributed by atoms with Crippen molar-refractivity contribution in [3.63, 3.8) is 0 Å². The van der Waals surface area contributed by atoms with Crippen LogP contribution < -0.4 is 10.6 Å². The van der Waals surface area contributed by atoms with Crippen LogP contribution in [-0.2, 0) is 9.47 Å². The van der Waals surface area contributed by atoms with Crippen molar-refractivity contribution in [2.24, 2.45) is 0 Å². The van der Waals surface area contributed by atoms with Crippen molar-refractivity contribution in [3.8, 4) is 0 Å². The van der Waals surface area contributed by atoms with Crippen molar-refractivity contribution in [2.75, 3.05) is 13.1 Å². The molecule has 124 valence electrons. The Balaban J connectivity index is 1.52. The molecule has 5 heteroatoms. The second kappa shape index (κ2) is 5.38. The standard InChI is InChI=1S/C17H29N3O2/c1-13-5-3-7-16(21-13)9-11-20-12-10-17(19-15(20)18-16)8-4-6-14(2)22-17/h13-14H,3-12H2,1-2H3,(H,18,19)/p+1/t13-,14-,16-,17+/m1/s1. The Kier molecular flexibility index (Phi) is 3.61. The van der Waals surface area contributed by atoms with Gasteiger partial charge in [0, 0.05) is 25.7 Å². The molecule has 2 fully saturated rings. The first kappa shape index (κ1) is 14.8. The zero-order valence-corrected chi connectivity index (χ0v) is 14.0. The average molecular weight is 308 g/mol. The van der Waals surface area contributed by atoms with Crippen molar-refractivity contribution in [3.05, 3.63) is 0 Å². The molecule has 0 unspecified atom stereocenters. The molecule has 4 rings (SSSR count). The van der Waals surface area contributed by atoms with Crippen LogP contribution in [0.25, 0.3) is 0 Å². The zero-order chi connectivity index (χ0) is 15.2. The topological polar surface area (TPSA) is 45.5 Å². The van der Waals surface area contributed by atoms with Gasteiger partial charge in [0.15, 0.2) is 11.4 Å². The van der Waals surface area contributed by atoms with Gasteiger partial charge in [-0.2, -0.15) is 0 Å². The van der Waals surface area contributed by atoms with E-state index in [9.17, 15) is 0 Å². The third-order valence-corrected chi connectivity index (χ3v) is 5.82. The maximum atomic E-state index is 6.32. The number of nitrogens with zero attached hydrogens (tertiary/aromatic N) is 1. The Hall–Kier alpha value is -0.810. The van der Waals surface area contributed by atoms with E-state index in [0.29, 0.717) is 12.2 Å². The molecule has 2 spiro atoms. The van der Waals surface area contributed by atoms with Crippen LogP contribution >= 0.6 is 0 Å². The molecule has 5 nitrogen and oxygen atoms in total. The highest BCUT2D eigenvalue weighted by Gasteiger charge is 2.50. The summed E-state index contributed by atoms with van der Waals surface area (Å²) in [6.45, 7) is 6.55. The van der Waals surface area contributed by atoms with E-state index in [-0.39, 0.29) is 11.4 Å². The Labute approximate surface area is 133 Å². The molecule has 4 aliphatic heterocycles. The molecule has 0 amide bonds. The van der Waals surface area contributed by atoms with Crippen molar-refractivity contribution in [1.29, 1.82) is 0 Å². The van der Waals surface area contributed by atoms with Crippen LogP contribution in [0.4, 0.5) is 0 Å². The van der Waals surface area contributed by atoms with Gasteiger partial charge >= 0.3 is 5.96 Å². The number of hydrogen-bond acceptors (Lipinski definition) is 4. The second-order valence-corrected chi connectivity index (χ2v) is 7.72. The van der Waals surface area contributed by atoms with E-state index in [1.165, 1.54) is 25.7 Å². The maximum Gasteiger partial charge on any atom is 0.350 e. The molecular weight excluding hydrogens is 278 g/mol. The number of hydrogen-bond donors (Lipinski definition) is 2. The minimum atomic E-state index is -0.157. The van der Waals surface area contributed by atoms with Gasteiger partial charge in [0.25, 0.3) is 0 Å². The molecule has 0 aliphatic carbocycles. The SMILES string of the molecule is C[C@@H]1CCC[C@@]2(CC[N+]3=C(N2)N[C@@]2(CCC[C@@H](C)O2)CC3)O1. The summed E-state index contributed by atoms with van der Waals surface area (Å²) >= 11 is 0. The highest BCUT2D eigenvalue weighted by atomic mass is 16.5. The Morgan fingerprint density at radius 3 is 1.82 bits per heavy atom. The van der Waals surface area contributed by atoms with E-state index in [0.717, 1.165) is 44.7 Å². The molecule has 4 atom stereocenters. The van der Waals surface area contributed by atoms with Gasteiger partial charge in [0.2, 0.25) is 0 Å². The minimum Gasteiger partial charge on any atom is -0.340 e. The summed E-state index contributed by atoms with van der Waals surface area (Å²) in [5.41, 5.74) is -0.315. The van der Waals surface area contributed by atoms with Gasteiger partial charge in [-0.1, -0.05) is 0 Å². The minimum absolute atomic E-state index is 0.157. The molecule has 0 radical (unpaired) electrons. The van der Waals surface area contributed by atoms with Crippen LogP contribution in [-0.4, -0.2) is 47.3 Å². The molecule has 4 aliphatic rings.